The minimum atomic E-state index is -0.729. The fourth-order valence-electron chi connectivity index (χ4n) is 2.91. The molecule has 8 heteroatoms. The minimum absolute atomic E-state index is 0.0321. The van der Waals surface area contributed by atoms with E-state index in [1.165, 1.54) is 19.5 Å². The summed E-state index contributed by atoms with van der Waals surface area (Å²) in [5, 5.41) is 4.50. The van der Waals surface area contributed by atoms with Gasteiger partial charge in [0.05, 0.1) is 24.7 Å². The predicted molar refractivity (Wildman–Crippen MR) is 106 cm³/mol. The van der Waals surface area contributed by atoms with Gasteiger partial charge in [0.1, 0.15) is 16.9 Å². The van der Waals surface area contributed by atoms with Crippen LogP contribution in [0.2, 0.25) is 0 Å². The standard InChI is InChI=1S/C21H17N3O5/c1-12-9-23-16(10-22-12)21(26)28-11-20(25)24-15-8-18-14(7-19(15)27-2)13-5-3-4-6-17(13)29-18/h3-10H,11H2,1-2H3,(H,24,25). The smallest absolute Gasteiger partial charge is 0.359 e. The SMILES string of the molecule is COc1cc2c(cc1NC(=O)COC(=O)c1cnc(C)cn1)oc1ccccc12. The van der Waals surface area contributed by atoms with Gasteiger partial charge < -0.3 is 19.2 Å². The summed E-state index contributed by atoms with van der Waals surface area (Å²) in [6.45, 7) is 1.28. The number of carbonyl (C=O) groups excluding carboxylic acids is 2. The van der Waals surface area contributed by atoms with E-state index in [1.54, 1.807) is 19.1 Å². The first-order valence-electron chi connectivity index (χ1n) is 8.80. The maximum atomic E-state index is 12.3. The normalized spacial score (nSPS) is 10.8. The number of nitrogens with one attached hydrogen (secondary N) is 1. The molecule has 0 radical (unpaired) electrons. The van der Waals surface area contributed by atoms with E-state index in [0.717, 1.165) is 16.4 Å². The number of aromatic nitrogens is 2. The van der Waals surface area contributed by atoms with Crippen molar-refractivity contribution in [1.29, 1.82) is 0 Å². The zero-order valence-electron chi connectivity index (χ0n) is 15.8. The Balaban J connectivity index is 1.50. The first-order valence-corrected chi connectivity index (χ1v) is 8.80. The van der Waals surface area contributed by atoms with Crippen molar-refractivity contribution in [3.63, 3.8) is 0 Å². The van der Waals surface area contributed by atoms with Crippen molar-refractivity contribution in [3.05, 3.63) is 60.2 Å². The fraction of sp³-hybridized carbons (Fsp3) is 0.143. The van der Waals surface area contributed by atoms with Crippen LogP contribution in [-0.2, 0) is 9.53 Å². The molecule has 0 atom stereocenters. The molecule has 2 heterocycles. The van der Waals surface area contributed by atoms with Gasteiger partial charge in [-0.25, -0.2) is 9.78 Å². The summed E-state index contributed by atoms with van der Waals surface area (Å²) in [6.07, 6.45) is 2.75. The van der Waals surface area contributed by atoms with Crippen LogP contribution in [0, 0.1) is 6.92 Å². The molecule has 0 aliphatic carbocycles. The molecular weight excluding hydrogens is 374 g/mol. The van der Waals surface area contributed by atoms with Crippen molar-refractivity contribution in [3.8, 4) is 5.75 Å². The number of benzene rings is 2. The molecule has 0 bridgehead atoms. The van der Waals surface area contributed by atoms with Crippen LogP contribution in [0.25, 0.3) is 21.9 Å². The van der Waals surface area contributed by atoms with E-state index in [9.17, 15) is 9.59 Å². The van der Waals surface area contributed by atoms with Crippen molar-refractivity contribution in [2.45, 2.75) is 6.92 Å². The van der Waals surface area contributed by atoms with Crippen LogP contribution in [0.5, 0.6) is 5.75 Å². The number of esters is 1. The molecular formula is C21H17N3O5. The summed E-state index contributed by atoms with van der Waals surface area (Å²) in [4.78, 5) is 32.1. The van der Waals surface area contributed by atoms with Crippen LogP contribution in [-0.4, -0.2) is 35.6 Å². The number of nitrogens with zero attached hydrogens (tertiary/aromatic N) is 2. The molecule has 4 rings (SSSR count). The van der Waals surface area contributed by atoms with Crippen LogP contribution in [0.3, 0.4) is 0 Å². The molecule has 146 valence electrons. The molecule has 0 fully saturated rings. The van der Waals surface area contributed by atoms with Gasteiger partial charge in [0, 0.05) is 23.0 Å². The second-order valence-electron chi connectivity index (χ2n) is 6.31. The molecule has 2 aromatic carbocycles. The Morgan fingerprint density at radius 3 is 2.66 bits per heavy atom. The van der Waals surface area contributed by atoms with Gasteiger partial charge in [-0.15, -0.1) is 0 Å². The number of carbonyl (C=O) groups is 2. The summed E-state index contributed by atoms with van der Waals surface area (Å²) >= 11 is 0. The second kappa shape index (κ2) is 7.59. The minimum Gasteiger partial charge on any atom is -0.495 e. The zero-order valence-corrected chi connectivity index (χ0v) is 15.8. The largest absolute Gasteiger partial charge is 0.495 e. The van der Waals surface area contributed by atoms with Crippen molar-refractivity contribution in [1.82, 2.24) is 9.97 Å². The van der Waals surface area contributed by atoms with E-state index in [-0.39, 0.29) is 5.69 Å². The first kappa shape index (κ1) is 18.4. The van der Waals surface area contributed by atoms with Crippen LogP contribution in [0.4, 0.5) is 5.69 Å². The quantitative estimate of drug-likeness (QED) is 0.519. The monoisotopic (exact) mass is 391 g/mol. The zero-order chi connectivity index (χ0) is 20.4. The van der Waals surface area contributed by atoms with E-state index in [1.807, 2.05) is 24.3 Å². The number of anilines is 1. The van der Waals surface area contributed by atoms with Gasteiger partial charge >= 0.3 is 5.97 Å². The average molecular weight is 391 g/mol. The molecule has 0 aliphatic rings. The lowest BCUT2D eigenvalue weighted by atomic mass is 10.1. The van der Waals surface area contributed by atoms with E-state index in [4.69, 9.17) is 13.9 Å². The Morgan fingerprint density at radius 2 is 1.90 bits per heavy atom. The molecule has 8 nitrogen and oxygen atoms in total. The molecule has 0 aliphatic heterocycles. The average Bonchev–Trinajstić information content (AvgIpc) is 3.09. The number of fused-ring (bicyclic) bond motifs is 3. The molecule has 29 heavy (non-hydrogen) atoms. The molecule has 0 unspecified atom stereocenters. The lowest BCUT2D eigenvalue weighted by molar-refractivity contribution is -0.119. The molecule has 0 spiro atoms. The number of furan rings is 1. The third-order valence-electron chi connectivity index (χ3n) is 4.30. The predicted octanol–water partition coefficient (Wildman–Crippen LogP) is 3.49. The maximum Gasteiger partial charge on any atom is 0.359 e. The summed E-state index contributed by atoms with van der Waals surface area (Å²) in [5.74, 6) is -0.785. The van der Waals surface area contributed by atoms with Crippen molar-refractivity contribution in [2.75, 3.05) is 19.0 Å². The van der Waals surface area contributed by atoms with Crippen molar-refractivity contribution in [2.24, 2.45) is 0 Å². The maximum absolute atomic E-state index is 12.3. The van der Waals surface area contributed by atoms with E-state index in [0.29, 0.717) is 22.7 Å². The third kappa shape index (κ3) is 3.73. The number of ether oxygens (including phenoxy) is 2. The van der Waals surface area contributed by atoms with Gasteiger partial charge in [0.25, 0.3) is 5.91 Å². The van der Waals surface area contributed by atoms with Gasteiger partial charge in [-0.3, -0.25) is 9.78 Å². The van der Waals surface area contributed by atoms with Crippen LogP contribution >= 0.6 is 0 Å². The number of methoxy groups -OCH3 is 1. The Morgan fingerprint density at radius 1 is 1.07 bits per heavy atom. The Hall–Kier alpha value is -3.94. The molecule has 2 aromatic heterocycles. The number of hydrogen-bond donors (Lipinski definition) is 1. The van der Waals surface area contributed by atoms with Gasteiger partial charge in [0.2, 0.25) is 0 Å². The van der Waals surface area contributed by atoms with Crippen molar-refractivity contribution >= 4 is 39.5 Å². The Labute approximate surface area is 165 Å². The van der Waals surface area contributed by atoms with Gasteiger partial charge in [-0.05, 0) is 19.1 Å². The molecule has 0 saturated heterocycles. The van der Waals surface area contributed by atoms with E-state index >= 15 is 0 Å². The van der Waals surface area contributed by atoms with Crippen molar-refractivity contribution < 1.29 is 23.5 Å². The van der Waals surface area contributed by atoms with E-state index in [2.05, 4.69) is 15.3 Å². The highest BCUT2D eigenvalue weighted by molar-refractivity contribution is 6.08. The summed E-state index contributed by atoms with van der Waals surface area (Å²) in [5.41, 5.74) is 2.46. The van der Waals surface area contributed by atoms with E-state index < -0.39 is 18.5 Å². The topological polar surface area (TPSA) is 104 Å². The Bertz CT molecular complexity index is 1210. The van der Waals surface area contributed by atoms with Crippen LogP contribution < -0.4 is 10.1 Å². The number of rotatable bonds is 5. The van der Waals surface area contributed by atoms with Gasteiger partial charge in [-0.2, -0.15) is 0 Å². The highest BCUT2D eigenvalue weighted by Crippen LogP contribution is 2.36. The number of para-hydroxylation sites is 1. The van der Waals surface area contributed by atoms with Gasteiger partial charge in [0.15, 0.2) is 12.3 Å². The molecule has 1 amide bonds. The number of hydrogen-bond acceptors (Lipinski definition) is 7. The van der Waals surface area contributed by atoms with Crippen LogP contribution in [0.1, 0.15) is 16.2 Å². The first-order chi connectivity index (χ1) is 14.0. The fourth-order valence-corrected chi connectivity index (χ4v) is 2.91. The lowest BCUT2D eigenvalue weighted by Crippen LogP contribution is -2.21. The summed E-state index contributed by atoms with van der Waals surface area (Å²) in [6, 6.07) is 11.1. The number of aryl methyl sites for hydroxylation is 1. The molecule has 1 N–H and O–H groups in total. The second-order valence-corrected chi connectivity index (χ2v) is 6.31. The third-order valence-corrected chi connectivity index (χ3v) is 4.30. The lowest BCUT2D eigenvalue weighted by Gasteiger charge is -2.10. The molecule has 4 aromatic rings. The highest BCUT2D eigenvalue weighted by atomic mass is 16.5. The van der Waals surface area contributed by atoms with Gasteiger partial charge in [-0.1, -0.05) is 18.2 Å². The molecule has 0 saturated carbocycles. The van der Waals surface area contributed by atoms with Crippen LogP contribution in [0.15, 0.2) is 53.2 Å². The Kier molecular flexibility index (Phi) is 4.82. The summed E-state index contributed by atoms with van der Waals surface area (Å²) < 4.78 is 16.2. The highest BCUT2D eigenvalue weighted by Gasteiger charge is 2.16. The number of amides is 1. The summed E-state index contributed by atoms with van der Waals surface area (Å²) in [7, 11) is 1.51.